The fourth-order valence-electron chi connectivity index (χ4n) is 4.44. The third-order valence-electron chi connectivity index (χ3n) is 6.53. The summed E-state index contributed by atoms with van der Waals surface area (Å²) in [6.45, 7) is 0.345. The Morgan fingerprint density at radius 3 is 2.46 bits per heavy atom. The van der Waals surface area contributed by atoms with Gasteiger partial charge in [0.2, 0.25) is 0 Å². The predicted molar refractivity (Wildman–Crippen MR) is 161 cm³/mol. The minimum Gasteiger partial charge on any atom is -0.489 e. The van der Waals surface area contributed by atoms with Crippen molar-refractivity contribution in [2.75, 3.05) is 0 Å². The third-order valence-corrected chi connectivity index (χ3v) is 6.90. The number of hydrogen-bond donors (Lipinski definition) is 1. The van der Waals surface area contributed by atoms with Crippen molar-refractivity contribution in [3.63, 3.8) is 0 Å². The standard InChI is InChI=1S/C33H22ClN5O2/c34-29-12-6-4-8-23(29)21-41-27-16-14-22(15-17-27)31-25(20-39(38-31)26-9-2-1-3-10-26)18-24(19-35)32-36-30-13-7-5-11-28(30)33(40)37-32/h1-18,20H,21H2,(H,36,37,40). The summed E-state index contributed by atoms with van der Waals surface area (Å²) in [5.41, 5.74) is 4.35. The summed E-state index contributed by atoms with van der Waals surface area (Å²) in [5.74, 6) is 0.877. The number of halogens is 1. The molecule has 8 heteroatoms. The maximum Gasteiger partial charge on any atom is 0.259 e. The van der Waals surface area contributed by atoms with Crippen LogP contribution in [-0.2, 0) is 6.61 Å². The lowest BCUT2D eigenvalue weighted by molar-refractivity contribution is 0.306. The number of rotatable bonds is 7. The van der Waals surface area contributed by atoms with Crippen LogP contribution in [0.15, 0.2) is 114 Å². The van der Waals surface area contributed by atoms with Gasteiger partial charge in [0.15, 0.2) is 5.82 Å². The molecule has 0 saturated heterocycles. The number of allylic oxidation sites excluding steroid dienone is 1. The molecule has 2 aromatic heterocycles. The number of H-pyrrole nitrogens is 1. The van der Waals surface area contributed by atoms with E-state index in [0.717, 1.165) is 16.8 Å². The number of nitrogens with zero attached hydrogens (tertiary/aromatic N) is 4. The molecular weight excluding hydrogens is 534 g/mol. The number of nitrogens with one attached hydrogen (secondary N) is 1. The molecule has 0 amide bonds. The summed E-state index contributed by atoms with van der Waals surface area (Å²) in [4.78, 5) is 20.0. The smallest absolute Gasteiger partial charge is 0.259 e. The molecule has 1 N–H and O–H groups in total. The molecule has 0 atom stereocenters. The number of nitriles is 1. The van der Waals surface area contributed by atoms with Crippen molar-refractivity contribution in [3.8, 4) is 28.8 Å². The van der Waals surface area contributed by atoms with Gasteiger partial charge in [-0.2, -0.15) is 10.4 Å². The Morgan fingerprint density at radius 2 is 1.68 bits per heavy atom. The van der Waals surface area contributed by atoms with E-state index in [1.165, 1.54) is 0 Å². The molecule has 0 spiro atoms. The highest BCUT2D eigenvalue weighted by Gasteiger charge is 2.15. The summed E-state index contributed by atoms with van der Waals surface area (Å²) in [5, 5.41) is 16.0. The van der Waals surface area contributed by atoms with Gasteiger partial charge in [-0.3, -0.25) is 4.79 Å². The Bertz CT molecular complexity index is 1990. The number of ether oxygens (including phenoxy) is 1. The maximum atomic E-state index is 12.7. The van der Waals surface area contributed by atoms with Gasteiger partial charge in [0.1, 0.15) is 18.4 Å². The van der Waals surface area contributed by atoms with Crippen molar-refractivity contribution in [2.24, 2.45) is 0 Å². The summed E-state index contributed by atoms with van der Waals surface area (Å²) < 4.78 is 7.71. The molecule has 4 aromatic carbocycles. The lowest BCUT2D eigenvalue weighted by atomic mass is 10.1. The molecule has 6 aromatic rings. The second kappa shape index (κ2) is 11.3. The topological polar surface area (TPSA) is 96.6 Å². The Hall–Kier alpha value is -5.45. The van der Waals surface area contributed by atoms with E-state index in [4.69, 9.17) is 21.4 Å². The molecule has 0 fully saturated rings. The first-order valence-electron chi connectivity index (χ1n) is 12.8. The molecule has 6 rings (SSSR count). The Morgan fingerprint density at radius 1 is 0.951 bits per heavy atom. The van der Waals surface area contributed by atoms with Gasteiger partial charge in [0, 0.05) is 27.9 Å². The van der Waals surface area contributed by atoms with Gasteiger partial charge in [0.05, 0.1) is 27.9 Å². The van der Waals surface area contributed by atoms with E-state index in [9.17, 15) is 10.1 Å². The van der Waals surface area contributed by atoms with Crippen LogP contribution in [0.25, 0.3) is 39.5 Å². The van der Waals surface area contributed by atoms with Gasteiger partial charge < -0.3 is 9.72 Å². The first-order valence-corrected chi connectivity index (χ1v) is 13.2. The summed E-state index contributed by atoms with van der Waals surface area (Å²) in [7, 11) is 0. The zero-order chi connectivity index (χ0) is 28.2. The molecule has 41 heavy (non-hydrogen) atoms. The number of aromatic amines is 1. The third kappa shape index (κ3) is 5.50. The number of aromatic nitrogens is 4. The predicted octanol–water partition coefficient (Wildman–Crippen LogP) is 7.07. The van der Waals surface area contributed by atoms with E-state index < -0.39 is 0 Å². The lowest BCUT2D eigenvalue weighted by Gasteiger charge is -2.08. The fraction of sp³-hybridized carbons (Fsp3) is 0.0303. The van der Waals surface area contributed by atoms with Gasteiger partial charge in [-0.15, -0.1) is 0 Å². The maximum absolute atomic E-state index is 12.7. The summed E-state index contributed by atoms with van der Waals surface area (Å²) in [6, 6.07) is 34.0. The number of hydrogen-bond acceptors (Lipinski definition) is 5. The number of benzene rings is 4. The zero-order valence-electron chi connectivity index (χ0n) is 21.7. The van der Waals surface area contributed by atoms with Gasteiger partial charge in [-0.1, -0.05) is 60.1 Å². The molecule has 0 aliphatic carbocycles. The van der Waals surface area contributed by atoms with Crippen LogP contribution in [-0.4, -0.2) is 19.7 Å². The Balaban J connectivity index is 1.38. The molecule has 198 valence electrons. The monoisotopic (exact) mass is 555 g/mol. The summed E-state index contributed by atoms with van der Waals surface area (Å²) in [6.07, 6.45) is 3.54. The highest BCUT2D eigenvalue weighted by Crippen LogP contribution is 2.29. The van der Waals surface area contributed by atoms with Crippen molar-refractivity contribution < 1.29 is 4.74 Å². The van der Waals surface area contributed by atoms with Crippen LogP contribution in [0.3, 0.4) is 0 Å². The van der Waals surface area contributed by atoms with Crippen molar-refractivity contribution in [3.05, 3.63) is 142 Å². The van der Waals surface area contributed by atoms with Crippen molar-refractivity contribution >= 4 is 34.2 Å². The highest BCUT2D eigenvalue weighted by atomic mass is 35.5. The molecule has 0 aliphatic heterocycles. The minimum absolute atomic E-state index is 0.193. The van der Waals surface area contributed by atoms with E-state index in [0.29, 0.717) is 39.5 Å². The SMILES string of the molecule is N#CC(=Cc1cn(-c2ccccc2)nc1-c1ccc(OCc2ccccc2Cl)cc1)c1nc2ccccc2c(=O)[nH]1. The van der Waals surface area contributed by atoms with E-state index in [1.807, 2.05) is 85.1 Å². The average molecular weight is 556 g/mol. The van der Waals surface area contributed by atoms with Crippen LogP contribution in [0.1, 0.15) is 17.0 Å². The molecule has 0 saturated carbocycles. The first-order chi connectivity index (χ1) is 20.1. The van der Waals surface area contributed by atoms with E-state index in [1.54, 1.807) is 35.0 Å². The van der Waals surface area contributed by atoms with Crippen molar-refractivity contribution in [1.29, 1.82) is 5.26 Å². The number of para-hydroxylation sites is 2. The minimum atomic E-state index is -0.306. The van der Waals surface area contributed by atoms with Gasteiger partial charge in [0.25, 0.3) is 5.56 Å². The Kier molecular flexibility index (Phi) is 7.14. The molecule has 0 radical (unpaired) electrons. The molecule has 0 aliphatic rings. The largest absolute Gasteiger partial charge is 0.489 e. The second-order valence-electron chi connectivity index (χ2n) is 9.22. The van der Waals surface area contributed by atoms with Crippen molar-refractivity contribution in [2.45, 2.75) is 6.61 Å². The van der Waals surface area contributed by atoms with E-state index >= 15 is 0 Å². The van der Waals surface area contributed by atoms with Gasteiger partial charge >= 0.3 is 0 Å². The average Bonchev–Trinajstić information content (AvgIpc) is 3.44. The molecule has 0 unspecified atom stereocenters. The summed E-state index contributed by atoms with van der Waals surface area (Å²) >= 11 is 6.26. The van der Waals surface area contributed by atoms with Crippen LogP contribution in [0.2, 0.25) is 5.02 Å². The number of fused-ring (bicyclic) bond motifs is 1. The molecule has 2 heterocycles. The molecule has 7 nitrogen and oxygen atoms in total. The van der Waals surface area contributed by atoms with E-state index in [-0.39, 0.29) is 17.0 Å². The van der Waals surface area contributed by atoms with Crippen molar-refractivity contribution in [1.82, 2.24) is 19.7 Å². The first kappa shape index (κ1) is 25.8. The lowest BCUT2D eigenvalue weighted by Crippen LogP contribution is -2.11. The molecule has 0 bridgehead atoms. The highest BCUT2D eigenvalue weighted by molar-refractivity contribution is 6.31. The van der Waals surface area contributed by atoms with Crippen LogP contribution in [0.4, 0.5) is 0 Å². The van der Waals surface area contributed by atoms with E-state index in [2.05, 4.69) is 16.0 Å². The van der Waals surface area contributed by atoms with Crippen LogP contribution in [0, 0.1) is 11.3 Å². The van der Waals surface area contributed by atoms with Gasteiger partial charge in [-0.25, -0.2) is 9.67 Å². The Labute approximate surface area is 240 Å². The van der Waals surface area contributed by atoms with Crippen LogP contribution < -0.4 is 10.3 Å². The molecular formula is C33H22ClN5O2. The van der Waals surface area contributed by atoms with Crippen LogP contribution >= 0.6 is 11.6 Å². The normalized spacial score (nSPS) is 11.4. The zero-order valence-corrected chi connectivity index (χ0v) is 22.4. The fourth-order valence-corrected chi connectivity index (χ4v) is 4.63. The second-order valence-corrected chi connectivity index (χ2v) is 9.63. The van der Waals surface area contributed by atoms with Crippen LogP contribution in [0.5, 0.6) is 5.75 Å². The van der Waals surface area contributed by atoms with Gasteiger partial charge in [-0.05, 0) is 60.7 Å². The quantitative estimate of drug-likeness (QED) is 0.212.